The highest BCUT2D eigenvalue weighted by Crippen LogP contribution is 2.05. The van der Waals surface area contributed by atoms with Crippen LogP contribution in [-0.2, 0) is 0 Å². The maximum absolute atomic E-state index is 10.8. The molecule has 0 unspecified atom stereocenters. The number of hydrogen-bond acceptors (Lipinski definition) is 1. The molecule has 84 valence electrons. The van der Waals surface area contributed by atoms with Crippen LogP contribution in [0.25, 0.3) is 0 Å². The molecular formula is C11H24N2O. The quantitative estimate of drug-likeness (QED) is 0.581. The Bertz CT molecular complexity index is 137. The summed E-state index contributed by atoms with van der Waals surface area (Å²) in [6.07, 6.45) is 8.99. The summed E-state index contributed by atoms with van der Waals surface area (Å²) in [5.74, 6) is 0. The number of nitrogens with one attached hydrogen (secondary N) is 2. The predicted molar refractivity (Wildman–Crippen MR) is 60.5 cm³/mol. The maximum Gasteiger partial charge on any atom is 0.314 e. The first-order valence-electron chi connectivity index (χ1n) is 5.76. The summed E-state index contributed by atoms with van der Waals surface area (Å²) in [4.78, 5) is 10.8. The molecule has 0 bridgehead atoms. The second kappa shape index (κ2) is 10.4. The fourth-order valence-electron chi connectivity index (χ4n) is 1.37. The van der Waals surface area contributed by atoms with Crippen LogP contribution in [0.1, 0.15) is 51.9 Å². The van der Waals surface area contributed by atoms with Crippen molar-refractivity contribution in [2.75, 3.05) is 13.6 Å². The average Bonchev–Trinajstić information content (AvgIpc) is 2.21. The van der Waals surface area contributed by atoms with Crippen LogP contribution in [0.4, 0.5) is 4.79 Å². The van der Waals surface area contributed by atoms with Gasteiger partial charge in [0.1, 0.15) is 0 Å². The van der Waals surface area contributed by atoms with Crippen molar-refractivity contribution in [3.05, 3.63) is 0 Å². The van der Waals surface area contributed by atoms with Gasteiger partial charge in [-0.15, -0.1) is 0 Å². The molecule has 0 aromatic rings. The van der Waals surface area contributed by atoms with E-state index in [9.17, 15) is 4.79 Å². The zero-order valence-electron chi connectivity index (χ0n) is 9.57. The normalized spacial score (nSPS) is 9.86. The summed E-state index contributed by atoms with van der Waals surface area (Å²) in [7, 11) is 1.64. The molecule has 0 rings (SSSR count). The highest BCUT2D eigenvalue weighted by molar-refractivity contribution is 5.73. The van der Waals surface area contributed by atoms with Gasteiger partial charge in [-0.2, -0.15) is 0 Å². The molecule has 0 spiro atoms. The molecular weight excluding hydrogens is 176 g/mol. The summed E-state index contributed by atoms with van der Waals surface area (Å²) in [6, 6.07) is -0.0732. The van der Waals surface area contributed by atoms with E-state index in [-0.39, 0.29) is 6.03 Å². The Balaban J connectivity index is 2.95. The van der Waals surface area contributed by atoms with Gasteiger partial charge in [0.25, 0.3) is 0 Å². The Labute approximate surface area is 87.6 Å². The van der Waals surface area contributed by atoms with Gasteiger partial charge in [-0.25, -0.2) is 4.79 Å². The van der Waals surface area contributed by atoms with Crippen molar-refractivity contribution in [3.63, 3.8) is 0 Å². The Morgan fingerprint density at radius 1 is 1.00 bits per heavy atom. The van der Waals surface area contributed by atoms with E-state index in [1.54, 1.807) is 7.05 Å². The van der Waals surface area contributed by atoms with Crippen LogP contribution in [0.2, 0.25) is 0 Å². The topological polar surface area (TPSA) is 41.1 Å². The molecule has 0 heterocycles. The molecule has 0 radical (unpaired) electrons. The van der Waals surface area contributed by atoms with Crippen LogP contribution in [0.5, 0.6) is 0 Å². The van der Waals surface area contributed by atoms with Gasteiger partial charge in [-0.3, -0.25) is 0 Å². The van der Waals surface area contributed by atoms with Crippen molar-refractivity contribution in [2.24, 2.45) is 0 Å². The van der Waals surface area contributed by atoms with Crippen LogP contribution in [-0.4, -0.2) is 19.6 Å². The first kappa shape index (κ1) is 13.3. The molecule has 0 aliphatic heterocycles. The highest BCUT2D eigenvalue weighted by Gasteiger charge is 1.94. The van der Waals surface area contributed by atoms with Gasteiger partial charge in [-0.1, -0.05) is 45.4 Å². The van der Waals surface area contributed by atoms with Crippen molar-refractivity contribution < 1.29 is 4.79 Å². The van der Waals surface area contributed by atoms with E-state index in [2.05, 4.69) is 17.6 Å². The summed E-state index contributed by atoms with van der Waals surface area (Å²) >= 11 is 0. The van der Waals surface area contributed by atoms with Crippen LogP contribution < -0.4 is 10.6 Å². The van der Waals surface area contributed by atoms with E-state index in [0.717, 1.165) is 13.0 Å². The monoisotopic (exact) mass is 200 g/mol. The molecule has 0 aromatic carbocycles. The number of carbonyl (C=O) groups excluding carboxylic acids is 1. The molecule has 14 heavy (non-hydrogen) atoms. The number of unbranched alkanes of at least 4 members (excludes halogenated alkanes) is 6. The number of rotatable bonds is 8. The summed E-state index contributed by atoms with van der Waals surface area (Å²) in [5.41, 5.74) is 0. The smallest absolute Gasteiger partial charge is 0.314 e. The molecule has 0 aliphatic carbocycles. The first-order valence-corrected chi connectivity index (χ1v) is 5.76. The van der Waals surface area contributed by atoms with Crippen molar-refractivity contribution in [3.8, 4) is 0 Å². The largest absolute Gasteiger partial charge is 0.341 e. The molecule has 0 atom stereocenters. The Morgan fingerprint density at radius 2 is 1.57 bits per heavy atom. The van der Waals surface area contributed by atoms with Crippen LogP contribution in [0, 0.1) is 0 Å². The minimum atomic E-state index is -0.0732. The molecule has 0 aromatic heterocycles. The number of carbonyl (C=O) groups is 1. The fraction of sp³-hybridized carbons (Fsp3) is 0.909. The van der Waals surface area contributed by atoms with Crippen molar-refractivity contribution >= 4 is 6.03 Å². The Kier molecular flexibility index (Phi) is 9.81. The lowest BCUT2D eigenvalue weighted by molar-refractivity contribution is 0.242. The van der Waals surface area contributed by atoms with E-state index >= 15 is 0 Å². The minimum Gasteiger partial charge on any atom is -0.341 e. The lowest BCUT2D eigenvalue weighted by Crippen LogP contribution is -2.33. The van der Waals surface area contributed by atoms with E-state index in [0.29, 0.717) is 0 Å². The van der Waals surface area contributed by atoms with Crippen LogP contribution in [0.15, 0.2) is 0 Å². The number of urea groups is 1. The van der Waals surface area contributed by atoms with E-state index in [1.807, 2.05) is 0 Å². The lowest BCUT2D eigenvalue weighted by atomic mass is 10.1. The van der Waals surface area contributed by atoms with Gasteiger partial charge in [0.05, 0.1) is 0 Å². The average molecular weight is 200 g/mol. The van der Waals surface area contributed by atoms with Crippen molar-refractivity contribution in [2.45, 2.75) is 51.9 Å². The van der Waals surface area contributed by atoms with Gasteiger partial charge >= 0.3 is 6.03 Å². The Hall–Kier alpha value is -0.730. The van der Waals surface area contributed by atoms with Gasteiger partial charge in [0.2, 0.25) is 0 Å². The molecule has 0 fully saturated rings. The van der Waals surface area contributed by atoms with Crippen LogP contribution >= 0.6 is 0 Å². The first-order chi connectivity index (χ1) is 6.81. The molecule has 3 nitrogen and oxygen atoms in total. The molecule has 2 amide bonds. The number of amides is 2. The summed E-state index contributed by atoms with van der Waals surface area (Å²) in [6.45, 7) is 3.03. The van der Waals surface area contributed by atoms with Gasteiger partial charge in [-0.05, 0) is 6.42 Å². The molecule has 0 saturated carbocycles. The third-order valence-corrected chi connectivity index (χ3v) is 2.29. The van der Waals surface area contributed by atoms with E-state index in [4.69, 9.17) is 0 Å². The second-order valence-electron chi connectivity index (χ2n) is 3.63. The van der Waals surface area contributed by atoms with Crippen LogP contribution in [0.3, 0.4) is 0 Å². The zero-order chi connectivity index (χ0) is 10.6. The highest BCUT2D eigenvalue weighted by atomic mass is 16.2. The van der Waals surface area contributed by atoms with Crippen molar-refractivity contribution in [1.29, 1.82) is 0 Å². The van der Waals surface area contributed by atoms with Gasteiger partial charge in [0.15, 0.2) is 0 Å². The van der Waals surface area contributed by atoms with E-state index < -0.39 is 0 Å². The van der Waals surface area contributed by atoms with Gasteiger partial charge in [0, 0.05) is 13.6 Å². The third-order valence-electron chi connectivity index (χ3n) is 2.29. The van der Waals surface area contributed by atoms with E-state index in [1.165, 1.54) is 38.5 Å². The van der Waals surface area contributed by atoms with Gasteiger partial charge < -0.3 is 10.6 Å². The third kappa shape index (κ3) is 9.36. The predicted octanol–water partition coefficient (Wildman–Crippen LogP) is 2.67. The zero-order valence-corrected chi connectivity index (χ0v) is 9.57. The standard InChI is InChI=1S/C11H24N2O/c1-3-4-5-6-7-8-9-10-13-11(14)12-2/h3-10H2,1-2H3,(H2,12,13,14). The lowest BCUT2D eigenvalue weighted by Gasteiger charge is -2.03. The summed E-state index contributed by atoms with van der Waals surface area (Å²) in [5, 5.41) is 5.32. The molecule has 0 saturated heterocycles. The number of hydrogen-bond donors (Lipinski definition) is 2. The Morgan fingerprint density at radius 3 is 2.14 bits per heavy atom. The maximum atomic E-state index is 10.8. The SMILES string of the molecule is CCCCCCCCCNC(=O)NC. The minimum absolute atomic E-state index is 0.0732. The van der Waals surface area contributed by atoms with Crippen molar-refractivity contribution in [1.82, 2.24) is 10.6 Å². The molecule has 2 N–H and O–H groups in total. The summed E-state index contributed by atoms with van der Waals surface area (Å²) < 4.78 is 0. The second-order valence-corrected chi connectivity index (χ2v) is 3.63. The molecule has 3 heteroatoms. The molecule has 0 aliphatic rings. The fourth-order valence-corrected chi connectivity index (χ4v) is 1.37.